The van der Waals surface area contributed by atoms with E-state index in [1.807, 2.05) is 4.90 Å². The van der Waals surface area contributed by atoms with Gasteiger partial charge in [0.15, 0.2) is 0 Å². The predicted octanol–water partition coefficient (Wildman–Crippen LogP) is 2.41. The average molecular weight is 252 g/mol. The molecule has 1 fully saturated rings. The Kier molecular flexibility index (Phi) is 4.18. The monoisotopic (exact) mass is 252 g/mol. The van der Waals surface area contributed by atoms with Crippen molar-refractivity contribution in [3.8, 4) is 0 Å². The molecular weight excluding hydrogens is 232 g/mol. The summed E-state index contributed by atoms with van der Waals surface area (Å²) in [5, 5.41) is 5.65. The van der Waals surface area contributed by atoms with Crippen molar-refractivity contribution in [2.24, 2.45) is 0 Å². The van der Waals surface area contributed by atoms with Crippen molar-refractivity contribution in [3.63, 3.8) is 0 Å². The molecule has 2 heterocycles. The van der Waals surface area contributed by atoms with Crippen LogP contribution in [0.5, 0.6) is 0 Å². The minimum absolute atomic E-state index is 0.308. The lowest BCUT2D eigenvalue weighted by molar-refractivity contribution is -0.127. The van der Waals surface area contributed by atoms with Crippen molar-refractivity contribution in [2.75, 3.05) is 13.1 Å². The topological polar surface area (TPSA) is 32.3 Å². The third kappa shape index (κ3) is 3.30. The predicted molar refractivity (Wildman–Crippen MR) is 71.1 cm³/mol. The second-order valence-electron chi connectivity index (χ2n) is 4.75. The second-order valence-corrected chi connectivity index (χ2v) is 5.73. The summed E-state index contributed by atoms with van der Waals surface area (Å²) >= 11 is 1.77. The lowest BCUT2D eigenvalue weighted by atomic mass is 10.2. The Bertz CT molecular complexity index is 364. The smallest absolute Gasteiger partial charge is 0.222 e. The van der Waals surface area contributed by atoms with E-state index in [0.717, 1.165) is 25.9 Å². The summed E-state index contributed by atoms with van der Waals surface area (Å²) in [4.78, 5) is 14.8. The Morgan fingerprint density at radius 3 is 2.94 bits per heavy atom. The van der Waals surface area contributed by atoms with Gasteiger partial charge in [-0.1, -0.05) is 6.07 Å². The summed E-state index contributed by atoms with van der Waals surface area (Å²) in [6, 6.07) is 4.93. The summed E-state index contributed by atoms with van der Waals surface area (Å²) in [5.74, 6) is 0.308. The zero-order valence-electron chi connectivity index (χ0n) is 10.5. The third-order valence-corrected chi connectivity index (χ3v) is 4.23. The van der Waals surface area contributed by atoms with E-state index >= 15 is 0 Å². The van der Waals surface area contributed by atoms with Crippen LogP contribution in [0.4, 0.5) is 0 Å². The molecule has 1 saturated heterocycles. The van der Waals surface area contributed by atoms with E-state index in [4.69, 9.17) is 0 Å². The Morgan fingerprint density at radius 1 is 1.53 bits per heavy atom. The minimum atomic E-state index is 0.308. The molecule has 2 unspecified atom stereocenters. The highest BCUT2D eigenvalue weighted by molar-refractivity contribution is 7.10. The summed E-state index contributed by atoms with van der Waals surface area (Å²) in [6.45, 7) is 6.08. The average Bonchev–Trinajstić information content (AvgIpc) is 2.90. The standard InChI is InChI=1S/C13H20N2OS/c1-10(9-15-7-3-6-13(15)16)14-11(2)12-5-4-8-17-12/h4-5,8,10-11,14H,3,6-7,9H2,1-2H3. The maximum atomic E-state index is 11.5. The van der Waals surface area contributed by atoms with Crippen molar-refractivity contribution >= 4 is 17.2 Å². The molecule has 94 valence electrons. The molecule has 0 aromatic carbocycles. The van der Waals surface area contributed by atoms with E-state index in [1.165, 1.54) is 4.88 Å². The van der Waals surface area contributed by atoms with E-state index in [9.17, 15) is 4.79 Å². The molecule has 0 bridgehead atoms. The number of thiophene rings is 1. The van der Waals surface area contributed by atoms with Crippen molar-refractivity contribution in [1.29, 1.82) is 0 Å². The largest absolute Gasteiger partial charge is 0.341 e. The van der Waals surface area contributed by atoms with E-state index in [-0.39, 0.29) is 0 Å². The molecule has 3 nitrogen and oxygen atoms in total. The molecule has 0 spiro atoms. The summed E-state index contributed by atoms with van der Waals surface area (Å²) in [5.41, 5.74) is 0. The first-order chi connectivity index (χ1) is 8.16. The molecule has 0 radical (unpaired) electrons. The maximum absolute atomic E-state index is 11.5. The van der Waals surface area contributed by atoms with Crippen LogP contribution in [-0.4, -0.2) is 29.9 Å². The molecule has 0 aliphatic carbocycles. The van der Waals surface area contributed by atoms with Crippen LogP contribution < -0.4 is 5.32 Å². The first-order valence-electron chi connectivity index (χ1n) is 6.24. The Balaban J connectivity index is 1.80. The van der Waals surface area contributed by atoms with Gasteiger partial charge in [0.05, 0.1) is 0 Å². The van der Waals surface area contributed by atoms with Crippen LogP contribution in [0.2, 0.25) is 0 Å². The molecule has 1 aliphatic heterocycles. The number of carbonyl (C=O) groups excluding carboxylic acids is 1. The maximum Gasteiger partial charge on any atom is 0.222 e. The molecule has 17 heavy (non-hydrogen) atoms. The van der Waals surface area contributed by atoms with Gasteiger partial charge in [0, 0.05) is 36.5 Å². The van der Waals surface area contributed by atoms with Crippen LogP contribution in [-0.2, 0) is 4.79 Å². The van der Waals surface area contributed by atoms with E-state index in [2.05, 4.69) is 36.7 Å². The normalized spacial score (nSPS) is 19.6. The van der Waals surface area contributed by atoms with Gasteiger partial charge in [-0.25, -0.2) is 0 Å². The van der Waals surface area contributed by atoms with E-state index in [1.54, 1.807) is 11.3 Å². The highest BCUT2D eigenvalue weighted by Gasteiger charge is 2.22. The number of nitrogens with one attached hydrogen (secondary N) is 1. The lowest BCUT2D eigenvalue weighted by Crippen LogP contribution is -2.40. The van der Waals surface area contributed by atoms with Gasteiger partial charge in [0.2, 0.25) is 5.91 Å². The van der Waals surface area contributed by atoms with Gasteiger partial charge in [-0.3, -0.25) is 4.79 Å². The van der Waals surface area contributed by atoms with Gasteiger partial charge < -0.3 is 10.2 Å². The highest BCUT2D eigenvalue weighted by Crippen LogP contribution is 2.19. The number of rotatable bonds is 5. The molecule has 2 atom stereocenters. The quantitative estimate of drug-likeness (QED) is 0.873. The van der Waals surface area contributed by atoms with Crippen molar-refractivity contribution in [1.82, 2.24) is 10.2 Å². The first-order valence-corrected chi connectivity index (χ1v) is 7.12. The SMILES string of the molecule is CC(CN1CCCC1=O)NC(C)c1cccs1. The zero-order valence-corrected chi connectivity index (χ0v) is 11.3. The molecule has 4 heteroatoms. The highest BCUT2D eigenvalue weighted by atomic mass is 32.1. The number of amides is 1. The molecular formula is C13H20N2OS. The van der Waals surface area contributed by atoms with Gasteiger partial charge >= 0.3 is 0 Å². The van der Waals surface area contributed by atoms with Gasteiger partial charge in [-0.15, -0.1) is 11.3 Å². The number of hydrogen-bond acceptors (Lipinski definition) is 3. The first kappa shape index (κ1) is 12.6. The fourth-order valence-corrected chi connectivity index (χ4v) is 3.07. The van der Waals surface area contributed by atoms with E-state index in [0.29, 0.717) is 18.0 Å². The molecule has 1 amide bonds. The minimum Gasteiger partial charge on any atom is -0.341 e. The van der Waals surface area contributed by atoms with Crippen LogP contribution in [0.1, 0.15) is 37.6 Å². The fourth-order valence-electron chi connectivity index (χ4n) is 2.33. The van der Waals surface area contributed by atoms with E-state index < -0.39 is 0 Å². The molecule has 1 aromatic rings. The Hall–Kier alpha value is -0.870. The summed E-state index contributed by atoms with van der Waals surface area (Å²) in [7, 11) is 0. The second kappa shape index (κ2) is 5.65. The van der Waals surface area contributed by atoms with Crippen LogP contribution in [0.25, 0.3) is 0 Å². The number of likely N-dealkylation sites (tertiary alicyclic amines) is 1. The van der Waals surface area contributed by atoms with Crippen molar-refractivity contribution < 1.29 is 4.79 Å². The van der Waals surface area contributed by atoms with Crippen LogP contribution in [0, 0.1) is 0 Å². The van der Waals surface area contributed by atoms with Gasteiger partial charge in [-0.05, 0) is 31.7 Å². The van der Waals surface area contributed by atoms with Gasteiger partial charge in [0.25, 0.3) is 0 Å². The molecule has 1 N–H and O–H groups in total. The van der Waals surface area contributed by atoms with Crippen LogP contribution in [0.3, 0.4) is 0 Å². The molecule has 0 saturated carbocycles. The lowest BCUT2D eigenvalue weighted by Gasteiger charge is -2.24. The van der Waals surface area contributed by atoms with Crippen molar-refractivity contribution in [3.05, 3.63) is 22.4 Å². The number of carbonyl (C=O) groups is 1. The molecule has 1 aliphatic rings. The Morgan fingerprint density at radius 2 is 2.35 bits per heavy atom. The Labute approximate surface area is 107 Å². The molecule has 1 aromatic heterocycles. The summed E-state index contributed by atoms with van der Waals surface area (Å²) in [6.07, 6.45) is 1.75. The van der Waals surface area contributed by atoms with Crippen molar-refractivity contribution in [2.45, 2.75) is 38.8 Å². The number of nitrogens with zero attached hydrogens (tertiary/aromatic N) is 1. The van der Waals surface area contributed by atoms with Gasteiger partial charge in [-0.2, -0.15) is 0 Å². The third-order valence-electron chi connectivity index (χ3n) is 3.17. The number of hydrogen-bond donors (Lipinski definition) is 1. The zero-order chi connectivity index (χ0) is 12.3. The summed E-state index contributed by atoms with van der Waals surface area (Å²) < 4.78 is 0. The fraction of sp³-hybridized carbons (Fsp3) is 0.615. The van der Waals surface area contributed by atoms with Gasteiger partial charge in [0.1, 0.15) is 0 Å². The molecule has 2 rings (SSSR count). The van der Waals surface area contributed by atoms with Crippen LogP contribution >= 0.6 is 11.3 Å². The van der Waals surface area contributed by atoms with Crippen LogP contribution in [0.15, 0.2) is 17.5 Å².